The zero-order valence-corrected chi connectivity index (χ0v) is 42.5. The van der Waals surface area contributed by atoms with Crippen molar-refractivity contribution in [2.45, 2.75) is 87.6 Å². The molecule has 3 aliphatic rings. The quantitative estimate of drug-likeness (QED) is 0.0420. The Balaban J connectivity index is 0.000000247. The normalized spacial score (nSPS) is 21.6. The summed E-state index contributed by atoms with van der Waals surface area (Å²) in [4.78, 5) is 48.2. The Morgan fingerprint density at radius 2 is 1.42 bits per heavy atom. The molecule has 5 aromatic rings. The first-order valence-corrected chi connectivity index (χ1v) is 25.5. The van der Waals surface area contributed by atoms with Gasteiger partial charge in [-0.05, 0) is 90.3 Å². The molecule has 14 nitrogen and oxygen atoms in total. The van der Waals surface area contributed by atoms with E-state index in [1.165, 1.54) is 53.2 Å². The molecule has 5 atom stereocenters. The second-order valence-corrected chi connectivity index (χ2v) is 20.7. The summed E-state index contributed by atoms with van der Waals surface area (Å²) >= 11 is 2.65. The third-order valence-electron chi connectivity index (χ3n) is 13.6. The molecule has 18 heteroatoms. The Morgan fingerprint density at radius 3 is 1.97 bits per heavy atom. The van der Waals surface area contributed by atoms with Crippen LogP contribution in [0.4, 0.5) is 4.39 Å². The van der Waals surface area contributed by atoms with Crippen molar-refractivity contribution < 1.29 is 78.9 Å². The molecule has 2 N–H and O–H groups in total. The number of rotatable bonds is 18. The molecule has 5 heterocycles. The van der Waals surface area contributed by atoms with Crippen LogP contribution in [0.1, 0.15) is 95.6 Å². The van der Waals surface area contributed by atoms with Crippen LogP contribution in [0.25, 0.3) is 0 Å². The van der Waals surface area contributed by atoms with E-state index in [1.54, 1.807) is 36.4 Å². The van der Waals surface area contributed by atoms with Crippen molar-refractivity contribution in [3.63, 3.8) is 0 Å². The molecule has 2 aromatic carbocycles. The minimum atomic E-state index is -1.80. The highest BCUT2D eigenvalue weighted by molar-refractivity contribution is 7.12. The fraction of sp³-hybridized carbons (Fsp3) is 0.453. The van der Waals surface area contributed by atoms with Crippen molar-refractivity contribution in [2.24, 2.45) is 5.92 Å². The zero-order valence-electron chi connectivity index (χ0n) is 40.1. The number of nitriles is 1. The van der Waals surface area contributed by atoms with Gasteiger partial charge < -0.3 is 60.1 Å². The molecule has 1 saturated carbocycles. The number of carbonyl (C=O) groups excluding carboxylic acids is 4. The van der Waals surface area contributed by atoms with E-state index in [-0.39, 0.29) is 47.9 Å². The van der Waals surface area contributed by atoms with Gasteiger partial charge in [-0.2, -0.15) is 5.26 Å². The third-order valence-corrected chi connectivity index (χ3v) is 15.6. The maximum absolute atomic E-state index is 13.3. The Labute approximate surface area is 428 Å². The molecular formula is C53H63ClFN3O11S2. The Morgan fingerprint density at radius 1 is 0.831 bits per heavy atom. The summed E-state index contributed by atoms with van der Waals surface area (Å²) in [6.07, 6.45) is 9.12. The van der Waals surface area contributed by atoms with Crippen LogP contribution in [0.15, 0.2) is 106 Å². The molecule has 382 valence electrons. The first-order chi connectivity index (χ1) is 33.6. The van der Waals surface area contributed by atoms with E-state index in [1.807, 2.05) is 35.0 Å². The molecule has 3 fully saturated rings. The zero-order chi connectivity index (χ0) is 50.2. The number of carboxylic acid groups (broad SMARTS) is 1. The number of likely N-dealkylation sites (tertiary alicyclic amines) is 2. The lowest BCUT2D eigenvalue weighted by Crippen LogP contribution is -3.00. The lowest BCUT2D eigenvalue weighted by atomic mass is 9.75. The summed E-state index contributed by atoms with van der Waals surface area (Å²) in [7, 11) is 4.27. The molecule has 0 radical (unpaired) electrons. The van der Waals surface area contributed by atoms with Crippen LogP contribution < -0.4 is 22.3 Å². The molecule has 0 spiro atoms. The van der Waals surface area contributed by atoms with Crippen LogP contribution in [-0.2, 0) is 35.1 Å². The van der Waals surface area contributed by atoms with Crippen LogP contribution >= 0.6 is 22.7 Å². The first kappa shape index (κ1) is 56.5. The highest BCUT2D eigenvalue weighted by atomic mass is 35.5. The van der Waals surface area contributed by atoms with Gasteiger partial charge >= 0.3 is 11.9 Å². The van der Waals surface area contributed by atoms with Crippen molar-refractivity contribution in [3.05, 3.63) is 134 Å². The second kappa shape index (κ2) is 26.3. The highest BCUT2D eigenvalue weighted by Gasteiger charge is 2.51. The lowest BCUT2D eigenvalue weighted by Gasteiger charge is -2.35. The molecule has 1 aliphatic carbocycles. The van der Waals surface area contributed by atoms with E-state index in [0.29, 0.717) is 70.1 Å². The standard InChI is InChI=1S/C27H35N2O5.C25H27FNO4S2.CH2O2.ClH/c1-29(14-7-17-32-23-11-5-8-21(18-23)19-28)15-13-24(20-29)34-26(30)27(31,25-12-6-16-33-25)22-9-3-2-4-10-22;1-27(13-2-5-21(28)18-8-10-19(26)11-9-18)14-12-20(17-27)31-24(29)25(30,22-6-3-15-32-22)23-7-4-16-33-23;2-1-3;/h5-6,8,11-12,16,18,22,24,31H,2-4,7,9-10,13-15,17,20H2,1H3;3-4,6-11,15-16,20,30H,2,5,12-14,17H2,1H3;1H,(H,2,3);1H/q2*+1;;/p-2/t24-,27?,29?;20-,27?;;/m11../s1. The van der Waals surface area contributed by atoms with Crippen molar-refractivity contribution in [1.29, 1.82) is 5.26 Å². The number of hydrogen-bond donors (Lipinski definition) is 2. The molecule has 8 rings (SSSR count). The number of hydrogen-bond acceptors (Lipinski definition) is 14. The molecule has 3 unspecified atom stereocenters. The predicted molar refractivity (Wildman–Crippen MR) is 259 cm³/mol. The maximum atomic E-state index is 13.3. The summed E-state index contributed by atoms with van der Waals surface area (Å²) in [6.45, 7) is 4.84. The van der Waals surface area contributed by atoms with E-state index in [2.05, 4.69) is 20.2 Å². The number of furan rings is 1. The summed E-state index contributed by atoms with van der Waals surface area (Å²) in [5, 5.41) is 43.9. The topological polar surface area (TPSA) is 196 Å². The fourth-order valence-electron chi connectivity index (χ4n) is 9.81. The van der Waals surface area contributed by atoms with Crippen molar-refractivity contribution in [3.8, 4) is 11.8 Å². The molecule has 0 bridgehead atoms. The Hall–Kier alpha value is -5.45. The minimum absolute atomic E-state index is 0. The molecule has 2 aliphatic heterocycles. The maximum Gasteiger partial charge on any atom is 0.349 e. The number of Topliss-reactive ketones (excluding diaryl/α,β-unsaturated/α-hetero) is 1. The van der Waals surface area contributed by atoms with Gasteiger partial charge in [0.15, 0.2) is 18.0 Å². The first-order valence-electron chi connectivity index (χ1n) is 23.8. The second-order valence-electron chi connectivity index (χ2n) is 18.8. The number of carbonyl (C=O) groups is 4. The summed E-state index contributed by atoms with van der Waals surface area (Å²) in [5.41, 5.74) is -2.41. The number of likely N-dealkylation sites (N-methyl/N-ethyl adjacent to an activating group) is 2. The average Bonchev–Trinajstić information content (AvgIpc) is 4.24. The van der Waals surface area contributed by atoms with E-state index < -0.39 is 29.6 Å². The third kappa shape index (κ3) is 14.8. The number of ether oxygens (including phenoxy) is 3. The van der Waals surface area contributed by atoms with Gasteiger partial charge in [0.25, 0.3) is 0 Å². The monoisotopic (exact) mass is 1040 g/mol. The molecular weight excluding hydrogens is 973 g/mol. The number of quaternary nitrogens is 2. The minimum Gasteiger partial charge on any atom is -1.00 e. The van der Waals surface area contributed by atoms with Crippen LogP contribution in [0.3, 0.4) is 0 Å². The van der Waals surface area contributed by atoms with Crippen LogP contribution in [0.5, 0.6) is 5.75 Å². The van der Waals surface area contributed by atoms with Gasteiger partial charge in [-0.15, -0.1) is 22.7 Å². The van der Waals surface area contributed by atoms with Crippen LogP contribution in [-0.4, -0.2) is 116 Å². The van der Waals surface area contributed by atoms with Crippen molar-refractivity contribution >= 4 is 46.9 Å². The molecule has 3 aromatic heterocycles. The van der Waals surface area contributed by atoms with Crippen LogP contribution in [0.2, 0.25) is 0 Å². The number of ketones is 1. The number of esters is 2. The van der Waals surface area contributed by atoms with E-state index in [9.17, 15) is 29.0 Å². The van der Waals surface area contributed by atoms with E-state index >= 15 is 0 Å². The lowest BCUT2D eigenvalue weighted by molar-refractivity contribution is -0.899. The van der Waals surface area contributed by atoms with Gasteiger partial charge in [-0.25, -0.2) is 14.0 Å². The molecule has 71 heavy (non-hydrogen) atoms. The predicted octanol–water partition coefficient (Wildman–Crippen LogP) is 4.13. The summed E-state index contributed by atoms with van der Waals surface area (Å²) < 4.78 is 37.6. The van der Waals surface area contributed by atoms with Gasteiger partial charge in [0.05, 0.1) is 74.5 Å². The fourth-order valence-corrected chi connectivity index (χ4v) is 11.5. The highest BCUT2D eigenvalue weighted by Crippen LogP contribution is 2.42. The number of thiophene rings is 2. The summed E-state index contributed by atoms with van der Waals surface area (Å²) in [6, 6.07) is 25.4. The Kier molecular flexibility index (Phi) is 20.9. The SMILES string of the molecule is C[N+]1(CCCC(=O)c2ccc(F)cc2)CC[C@@H](OC(=O)C(O)(c2cccs2)c2cccs2)C1.C[N+]1(CCCOc2cccc(C#N)c2)CC[C@@H](OC(=O)C(O)(c2ccco2)C2CCCCC2)C1.O=C[O-].[Cl-]. The van der Waals surface area contributed by atoms with E-state index in [4.69, 9.17) is 33.8 Å². The summed E-state index contributed by atoms with van der Waals surface area (Å²) in [5.74, 6) is -0.759. The number of benzene rings is 2. The number of halogens is 2. The molecule has 0 amide bonds. The van der Waals surface area contributed by atoms with Crippen LogP contribution in [0, 0.1) is 23.1 Å². The average molecular weight is 1040 g/mol. The van der Waals surface area contributed by atoms with Gasteiger partial charge in [0.2, 0.25) is 11.2 Å². The van der Waals surface area contributed by atoms with Crippen molar-refractivity contribution in [2.75, 3.05) is 60.0 Å². The van der Waals surface area contributed by atoms with Crippen molar-refractivity contribution in [1.82, 2.24) is 0 Å². The smallest absolute Gasteiger partial charge is 0.349 e. The largest absolute Gasteiger partial charge is 1.00 e. The molecule has 2 saturated heterocycles. The van der Waals surface area contributed by atoms with Gasteiger partial charge in [0, 0.05) is 50.1 Å². The number of aliphatic hydroxyl groups is 2. The van der Waals surface area contributed by atoms with Gasteiger partial charge in [-0.1, -0.05) is 37.5 Å². The Bertz CT molecular complexity index is 2450. The van der Waals surface area contributed by atoms with E-state index in [0.717, 1.165) is 75.6 Å². The van der Waals surface area contributed by atoms with Gasteiger partial charge in [0.1, 0.15) is 30.4 Å². The number of nitrogens with zero attached hydrogens (tertiary/aromatic N) is 3. The van der Waals surface area contributed by atoms with Gasteiger partial charge in [-0.3, -0.25) is 4.79 Å².